The number of carbonyl (C=O) groups excluding carboxylic acids is 1. The second kappa shape index (κ2) is 11.0. The SMILES string of the molecule is Cc1ccc(NC(=O)C2(c3ccc4c(c3)OCO4)CC2)cc1-c1ccc(S(=O)(=O)NC(C)(CO)CO)c(OC(F)(F)F)c1.[HH].[HH].[HH]. The van der Waals surface area contributed by atoms with E-state index in [2.05, 4.69) is 10.1 Å². The summed E-state index contributed by atoms with van der Waals surface area (Å²) >= 11 is 0. The van der Waals surface area contributed by atoms with E-state index in [1.54, 1.807) is 37.3 Å². The summed E-state index contributed by atoms with van der Waals surface area (Å²) < 4.78 is 83.0. The van der Waals surface area contributed by atoms with Crippen molar-refractivity contribution in [2.45, 2.75) is 48.9 Å². The van der Waals surface area contributed by atoms with Gasteiger partial charge in [0.1, 0.15) is 10.6 Å². The van der Waals surface area contributed by atoms with E-state index in [4.69, 9.17) is 9.47 Å². The van der Waals surface area contributed by atoms with Gasteiger partial charge in [-0.05, 0) is 85.3 Å². The maximum Gasteiger partial charge on any atom is 0.573 e. The highest BCUT2D eigenvalue weighted by atomic mass is 32.2. The van der Waals surface area contributed by atoms with Gasteiger partial charge in [0.05, 0.1) is 24.2 Å². The lowest BCUT2D eigenvalue weighted by atomic mass is 9.94. The number of alkyl halides is 3. The minimum absolute atomic E-state index is 0. The Kier molecular flexibility index (Phi) is 7.84. The molecule has 3 aromatic rings. The summed E-state index contributed by atoms with van der Waals surface area (Å²) in [6.45, 7) is 1.37. The predicted octanol–water partition coefficient (Wildman–Crippen LogP) is 4.72. The summed E-state index contributed by atoms with van der Waals surface area (Å²) in [5, 5.41) is 21.9. The third-order valence-electron chi connectivity index (χ3n) is 7.45. The Balaban J connectivity index is 0.00000245. The molecule has 0 unspecified atom stereocenters. The average molecular weight is 629 g/mol. The van der Waals surface area contributed by atoms with Crippen molar-refractivity contribution < 1.29 is 55.1 Å². The van der Waals surface area contributed by atoms with E-state index in [1.165, 1.54) is 13.0 Å². The van der Waals surface area contributed by atoms with Gasteiger partial charge < -0.3 is 29.7 Å². The van der Waals surface area contributed by atoms with E-state index < -0.39 is 51.2 Å². The fourth-order valence-corrected chi connectivity index (χ4v) is 6.32. The van der Waals surface area contributed by atoms with Crippen molar-refractivity contribution >= 4 is 21.6 Å². The molecule has 0 aromatic heterocycles. The number of aryl methyl sites for hydroxylation is 1. The molecule has 4 N–H and O–H groups in total. The number of hydrogen-bond acceptors (Lipinski definition) is 8. The van der Waals surface area contributed by atoms with Crippen LogP contribution in [0.3, 0.4) is 0 Å². The molecule has 0 saturated heterocycles. The summed E-state index contributed by atoms with van der Waals surface area (Å²) in [4.78, 5) is 12.6. The van der Waals surface area contributed by atoms with Crippen LogP contribution in [0.5, 0.6) is 17.2 Å². The second-order valence-electron chi connectivity index (χ2n) is 10.8. The van der Waals surface area contributed by atoms with Crippen molar-refractivity contribution in [3.8, 4) is 28.4 Å². The minimum atomic E-state index is -5.22. The first-order valence-corrected chi connectivity index (χ1v) is 14.7. The smallest absolute Gasteiger partial charge is 0.454 e. The fraction of sp³-hybridized carbons (Fsp3) is 0.345. The largest absolute Gasteiger partial charge is 0.573 e. The normalized spacial score (nSPS) is 15.7. The Bertz CT molecular complexity index is 1680. The number of fused-ring (bicyclic) bond motifs is 1. The Hall–Kier alpha value is -3.85. The number of sulfonamides is 1. The minimum Gasteiger partial charge on any atom is -0.454 e. The summed E-state index contributed by atoms with van der Waals surface area (Å²) in [6.07, 6.45) is -3.99. The van der Waals surface area contributed by atoms with Crippen molar-refractivity contribution in [1.29, 1.82) is 0 Å². The highest BCUT2D eigenvalue weighted by molar-refractivity contribution is 7.89. The van der Waals surface area contributed by atoms with E-state index in [-0.39, 0.29) is 22.5 Å². The highest BCUT2D eigenvalue weighted by Gasteiger charge is 2.51. The van der Waals surface area contributed by atoms with Gasteiger partial charge in [-0.15, -0.1) is 13.2 Å². The molecule has 14 heteroatoms. The molecule has 1 aliphatic carbocycles. The Morgan fingerprint density at radius 3 is 2.37 bits per heavy atom. The van der Waals surface area contributed by atoms with Crippen molar-refractivity contribution in [1.82, 2.24) is 4.72 Å². The number of hydrogen-bond donors (Lipinski definition) is 4. The maximum atomic E-state index is 13.4. The summed E-state index contributed by atoms with van der Waals surface area (Å²) in [5.41, 5.74) is -0.0955. The Labute approximate surface area is 249 Å². The van der Waals surface area contributed by atoms with Gasteiger partial charge >= 0.3 is 6.36 Å². The lowest BCUT2D eigenvalue weighted by Crippen LogP contribution is -2.51. The number of aliphatic hydroxyl groups is 2. The zero-order chi connectivity index (χ0) is 31.2. The van der Waals surface area contributed by atoms with Gasteiger partial charge in [-0.25, -0.2) is 13.1 Å². The van der Waals surface area contributed by atoms with E-state index in [0.29, 0.717) is 41.2 Å². The Morgan fingerprint density at radius 2 is 1.72 bits per heavy atom. The molecule has 0 bridgehead atoms. The number of aliphatic hydroxyl groups excluding tert-OH is 2. The predicted molar refractivity (Wildman–Crippen MR) is 155 cm³/mol. The Morgan fingerprint density at radius 1 is 1.02 bits per heavy atom. The quantitative estimate of drug-likeness (QED) is 0.253. The van der Waals surface area contributed by atoms with Crippen LogP contribution < -0.4 is 24.2 Å². The van der Waals surface area contributed by atoms with Crippen LogP contribution in [0.15, 0.2) is 59.5 Å². The van der Waals surface area contributed by atoms with Gasteiger partial charge in [0.25, 0.3) is 0 Å². The van der Waals surface area contributed by atoms with Crippen LogP contribution in [0.1, 0.15) is 35.2 Å². The third-order valence-corrected chi connectivity index (χ3v) is 9.13. The molecule has 43 heavy (non-hydrogen) atoms. The van der Waals surface area contributed by atoms with Crippen LogP contribution in [-0.4, -0.2) is 56.4 Å². The van der Waals surface area contributed by atoms with Gasteiger partial charge in [-0.2, -0.15) is 0 Å². The van der Waals surface area contributed by atoms with Gasteiger partial charge in [0.15, 0.2) is 11.5 Å². The third kappa shape index (κ3) is 6.27. The number of ether oxygens (including phenoxy) is 3. The lowest BCUT2D eigenvalue weighted by molar-refractivity contribution is -0.275. The zero-order valence-corrected chi connectivity index (χ0v) is 23.9. The van der Waals surface area contributed by atoms with Crippen LogP contribution in [0, 0.1) is 6.92 Å². The van der Waals surface area contributed by atoms with Crippen LogP contribution in [0.2, 0.25) is 0 Å². The standard InChI is InChI=1S/C29H29F3N2O8S.3H2/c1-17-3-6-20(33-26(37)28(9-10-28)19-5-7-22-23(12-19)41-16-40-22)13-21(17)18-4-8-25(24(11-18)42-29(30,31)32)43(38,39)34-27(2,14-35)15-36;;;/h3-8,11-13,34-36H,9-10,14-16H2,1-2H3,(H,33,37);3*1H. The van der Waals surface area contributed by atoms with Gasteiger partial charge in [-0.3, -0.25) is 4.79 Å². The van der Waals surface area contributed by atoms with Gasteiger partial charge in [-0.1, -0.05) is 18.2 Å². The number of anilines is 1. The number of nitrogens with one attached hydrogen (secondary N) is 2. The molecule has 1 amide bonds. The first-order chi connectivity index (χ1) is 20.2. The molecule has 1 saturated carbocycles. The van der Waals surface area contributed by atoms with Crippen LogP contribution in [0.25, 0.3) is 11.1 Å². The van der Waals surface area contributed by atoms with Gasteiger partial charge in [0.2, 0.25) is 22.7 Å². The molecule has 0 radical (unpaired) electrons. The monoisotopic (exact) mass is 628 g/mol. The molecular formula is C29H35F3N2O8S. The molecule has 0 atom stereocenters. The molecule has 5 rings (SSSR count). The second-order valence-corrected chi connectivity index (χ2v) is 12.5. The molecular weight excluding hydrogens is 593 g/mol. The van der Waals surface area contributed by atoms with E-state index in [1.807, 2.05) is 10.8 Å². The average Bonchev–Trinajstić information content (AvgIpc) is 3.63. The van der Waals surface area contributed by atoms with Crippen LogP contribution in [0.4, 0.5) is 18.9 Å². The summed E-state index contributed by atoms with van der Waals surface area (Å²) in [5.74, 6) is -0.110. The van der Waals surface area contributed by atoms with Gasteiger partial charge in [0, 0.05) is 9.97 Å². The lowest BCUT2D eigenvalue weighted by Gasteiger charge is -2.26. The first kappa shape index (κ1) is 30.6. The van der Waals surface area contributed by atoms with Crippen molar-refractivity contribution in [3.05, 3.63) is 65.7 Å². The zero-order valence-electron chi connectivity index (χ0n) is 23.1. The molecule has 1 aliphatic heterocycles. The van der Waals surface area contributed by atoms with Crippen molar-refractivity contribution in [2.75, 3.05) is 25.3 Å². The summed E-state index contributed by atoms with van der Waals surface area (Å²) in [6, 6.07) is 13.4. The molecule has 236 valence electrons. The molecule has 3 aromatic carbocycles. The van der Waals surface area contributed by atoms with Crippen LogP contribution in [-0.2, 0) is 20.2 Å². The maximum absolute atomic E-state index is 13.4. The number of carbonyl (C=O) groups is 1. The molecule has 0 spiro atoms. The molecule has 2 aliphatic rings. The van der Waals surface area contributed by atoms with E-state index in [0.717, 1.165) is 17.7 Å². The van der Waals surface area contributed by atoms with Crippen molar-refractivity contribution in [2.24, 2.45) is 0 Å². The topological polar surface area (TPSA) is 143 Å². The summed E-state index contributed by atoms with van der Waals surface area (Å²) in [7, 11) is -4.69. The number of halogens is 3. The molecule has 10 nitrogen and oxygen atoms in total. The van der Waals surface area contributed by atoms with E-state index in [9.17, 15) is 36.6 Å². The first-order valence-electron chi connectivity index (χ1n) is 13.2. The fourth-order valence-electron chi connectivity index (χ4n) is 4.82. The number of benzene rings is 3. The number of amides is 1. The highest BCUT2D eigenvalue weighted by Crippen LogP contribution is 2.51. The number of rotatable bonds is 10. The van der Waals surface area contributed by atoms with Crippen molar-refractivity contribution in [3.63, 3.8) is 0 Å². The molecule has 1 fully saturated rings. The van der Waals surface area contributed by atoms with E-state index >= 15 is 0 Å². The van der Waals surface area contributed by atoms with Crippen LogP contribution >= 0.6 is 0 Å². The molecule has 1 heterocycles.